The molecule has 1 aromatic rings. The summed E-state index contributed by atoms with van der Waals surface area (Å²) in [5.41, 5.74) is 2.79. The highest BCUT2D eigenvalue weighted by Crippen LogP contribution is 2.43. The Kier molecular flexibility index (Phi) is 6.09. The Bertz CT molecular complexity index is 579. The standard InChI is InChI=1S/C16H23BClNO4/c1-19(2)9-12-7-13-11(8-14(12)18)6-10(15(13)16(20)21)4-3-5-17(22)23/h7-8,10,15,22-23H,3-6,9H2,1-2H3,(H,20,21)/t10-,15-/m0/s1. The fourth-order valence-electron chi connectivity index (χ4n) is 3.43. The van der Waals surface area contributed by atoms with Gasteiger partial charge in [-0.1, -0.05) is 24.1 Å². The fourth-order valence-corrected chi connectivity index (χ4v) is 3.67. The van der Waals surface area contributed by atoms with Gasteiger partial charge < -0.3 is 20.1 Å². The van der Waals surface area contributed by atoms with Crippen molar-refractivity contribution in [1.82, 2.24) is 4.90 Å². The van der Waals surface area contributed by atoms with E-state index < -0.39 is 19.0 Å². The Morgan fingerprint density at radius 1 is 1.39 bits per heavy atom. The number of halogens is 1. The maximum absolute atomic E-state index is 11.7. The average Bonchev–Trinajstić information content (AvgIpc) is 2.75. The van der Waals surface area contributed by atoms with Crippen LogP contribution in [0.3, 0.4) is 0 Å². The molecular formula is C16H23BClNO4. The number of hydrogen-bond acceptors (Lipinski definition) is 4. The number of carboxylic acid groups (broad SMARTS) is 1. The summed E-state index contributed by atoms with van der Waals surface area (Å²) in [6, 6.07) is 3.82. The molecule has 0 saturated carbocycles. The Balaban J connectivity index is 2.23. The van der Waals surface area contributed by atoms with Crippen LogP contribution in [0.4, 0.5) is 0 Å². The minimum atomic E-state index is -1.33. The fraction of sp³-hybridized carbons (Fsp3) is 0.562. The van der Waals surface area contributed by atoms with Crippen molar-refractivity contribution in [3.8, 4) is 0 Å². The smallest absolute Gasteiger partial charge is 0.451 e. The predicted molar refractivity (Wildman–Crippen MR) is 90.6 cm³/mol. The van der Waals surface area contributed by atoms with Crippen LogP contribution >= 0.6 is 11.6 Å². The van der Waals surface area contributed by atoms with Crippen molar-refractivity contribution < 1.29 is 19.9 Å². The summed E-state index contributed by atoms with van der Waals surface area (Å²) in [4.78, 5) is 13.7. The second-order valence-corrected chi connectivity index (χ2v) is 6.98. The molecule has 0 aromatic heterocycles. The SMILES string of the molecule is CN(C)Cc1cc2c(cc1Cl)C[C@H](CCCB(O)O)[C@@H]2C(=O)O. The van der Waals surface area contributed by atoms with E-state index in [9.17, 15) is 9.90 Å². The molecule has 23 heavy (non-hydrogen) atoms. The molecule has 0 aliphatic heterocycles. The molecular weight excluding hydrogens is 316 g/mol. The molecule has 126 valence electrons. The number of carbonyl (C=O) groups is 1. The van der Waals surface area contributed by atoms with Crippen LogP contribution < -0.4 is 0 Å². The van der Waals surface area contributed by atoms with Crippen molar-refractivity contribution in [3.05, 3.63) is 33.8 Å². The maximum Gasteiger partial charge on any atom is 0.451 e. The molecule has 0 heterocycles. The van der Waals surface area contributed by atoms with Crippen molar-refractivity contribution in [1.29, 1.82) is 0 Å². The summed E-state index contributed by atoms with van der Waals surface area (Å²) in [7, 11) is 2.56. The molecule has 0 bridgehead atoms. The van der Waals surface area contributed by atoms with Crippen LogP contribution in [0, 0.1) is 5.92 Å². The first-order valence-corrected chi connectivity index (χ1v) is 8.22. The summed E-state index contributed by atoms with van der Waals surface area (Å²) in [6.45, 7) is 0.666. The molecule has 1 aliphatic rings. The average molecular weight is 340 g/mol. The number of nitrogens with zero attached hydrogens (tertiary/aromatic N) is 1. The van der Waals surface area contributed by atoms with Crippen molar-refractivity contribution in [2.75, 3.05) is 14.1 Å². The molecule has 0 saturated heterocycles. The van der Waals surface area contributed by atoms with E-state index in [2.05, 4.69) is 0 Å². The Morgan fingerprint density at radius 3 is 2.65 bits per heavy atom. The number of rotatable bonds is 7. The topological polar surface area (TPSA) is 81.0 Å². The van der Waals surface area contributed by atoms with Gasteiger partial charge in [0.1, 0.15) is 0 Å². The molecule has 1 aliphatic carbocycles. The summed E-state index contributed by atoms with van der Waals surface area (Å²) >= 11 is 6.33. The van der Waals surface area contributed by atoms with Crippen LogP contribution in [0.2, 0.25) is 11.3 Å². The van der Waals surface area contributed by atoms with E-state index in [4.69, 9.17) is 21.6 Å². The van der Waals surface area contributed by atoms with Gasteiger partial charge in [0.25, 0.3) is 0 Å². The van der Waals surface area contributed by atoms with Gasteiger partial charge >= 0.3 is 13.1 Å². The van der Waals surface area contributed by atoms with Crippen LogP contribution in [-0.2, 0) is 17.8 Å². The van der Waals surface area contributed by atoms with Gasteiger partial charge in [-0.2, -0.15) is 0 Å². The van der Waals surface area contributed by atoms with Gasteiger partial charge in [-0.3, -0.25) is 4.79 Å². The van der Waals surface area contributed by atoms with Crippen molar-refractivity contribution in [3.63, 3.8) is 0 Å². The number of aliphatic carboxylic acids is 1. The molecule has 2 atom stereocenters. The monoisotopic (exact) mass is 339 g/mol. The number of carboxylic acids is 1. The highest BCUT2D eigenvalue weighted by Gasteiger charge is 2.37. The Labute approximate surface area is 142 Å². The third kappa shape index (κ3) is 4.47. The summed E-state index contributed by atoms with van der Waals surface area (Å²) in [6.07, 6.45) is 2.20. The highest BCUT2D eigenvalue weighted by atomic mass is 35.5. The van der Waals surface area contributed by atoms with Gasteiger partial charge in [-0.05, 0) is 61.9 Å². The van der Waals surface area contributed by atoms with Gasteiger partial charge in [0.15, 0.2) is 0 Å². The molecule has 2 rings (SSSR count). The van der Waals surface area contributed by atoms with E-state index in [1.165, 1.54) is 0 Å². The van der Waals surface area contributed by atoms with Gasteiger partial charge in [0, 0.05) is 11.6 Å². The molecule has 0 spiro atoms. The Morgan fingerprint density at radius 2 is 2.09 bits per heavy atom. The summed E-state index contributed by atoms with van der Waals surface area (Å²) in [5, 5.41) is 28.2. The van der Waals surface area contributed by atoms with E-state index in [0.717, 1.165) is 16.7 Å². The Hall–Kier alpha value is -1.08. The summed E-state index contributed by atoms with van der Waals surface area (Å²) in [5.74, 6) is -1.39. The first-order chi connectivity index (χ1) is 10.8. The van der Waals surface area contributed by atoms with E-state index in [1.54, 1.807) is 0 Å². The molecule has 3 N–H and O–H groups in total. The molecule has 0 radical (unpaired) electrons. The molecule has 0 unspecified atom stereocenters. The first kappa shape index (κ1) is 18.3. The zero-order chi connectivity index (χ0) is 17.1. The lowest BCUT2D eigenvalue weighted by Crippen LogP contribution is -2.19. The van der Waals surface area contributed by atoms with Crippen LogP contribution in [0.25, 0.3) is 0 Å². The third-order valence-electron chi connectivity index (χ3n) is 4.39. The largest absolute Gasteiger partial charge is 0.481 e. The lowest BCUT2D eigenvalue weighted by Gasteiger charge is -2.17. The minimum absolute atomic E-state index is 0.0214. The van der Waals surface area contributed by atoms with E-state index in [-0.39, 0.29) is 12.2 Å². The van der Waals surface area contributed by atoms with Crippen LogP contribution in [0.15, 0.2) is 12.1 Å². The van der Waals surface area contributed by atoms with E-state index in [1.807, 2.05) is 31.1 Å². The van der Waals surface area contributed by atoms with Crippen LogP contribution in [0.1, 0.15) is 35.4 Å². The van der Waals surface area contributed by atoms with Crippen LogP contribution in [0.5, 0.6) is 0 Å². The first-order valence-electron chi connectivity index (χ1n) is 7.84. The molecule has 0 fully saturated rings. The van der Waals surface area contributed by atoms with E-state index >= 15 is 0 Å². The second kappa shape index (κ2) is 7.66. The van der Waals surface area contributed by atoms with Gasteiger partial charge in [0.2, 0.25) is 0 Å². The zero-order valence-electron chi connectivity index (χ0n) is 13.5. The predicted octanol–water partition coefficient (Wildman–Crippen LogP) is 2.00. The van der Waals surface area contributed by atoms with Gasteiger partial charge in [0.05, 0.1) is 5.92 Å². The van der Waals surface area contributed by atoms with Crippen molar-refractivity contribution in [2.45, 2.75) is 38.0 Å². The van der Waals surface area contributed by atoms with Gasteiger partial charge in [-0.25, -0.2) is 0 Å². The number of fused-ring (bicyclic) bond motifs is 1. The normalized spacial score (nSPS) is 19.9. The zero-order valence-corrected chi connectivity index (χ0v) is 14.3. The van der Waals surface area contributed by atoms with Crippen LogP contribution in [-0.4, -0.2) is 47.2 Å². The summed E-state index contributed by atoms with van der Waals surface area (Å²) < 4.78 is 0. The minimum Gasteiger partial charge on any atom is -0.481 e. The van der Waals surface area contributed by atoms with Crippen molar-refractivity contribution in [2.24, 2.45) is 5.92 Å². The van der Waals surface area contributed by atoms with E-state index in [0.29, 0.717) is 30.8 Å². The second-order valence-electron chi connectivity index (χ2n) is 6.57. The quantitative estimate of drug-likeness (QED) is 0.662. The third-order valence-corrected chi connectivity index (χ3v) is 4.74. The number of benzene rings is 1. The molecule has 0 amide bonds. The molecule has 1 aromatic carbocycles. The molecule has 5 nitrogen and oxygen atoms in total. The maximum atomic E-state index is 11.7. The number of hydrogen-bond donors (Lipinski definition) is 3. The lowest BCUT2D eigenvalue weighted by molar-refractivity contribution is -0.139. The highest BCUT2D eigenvalue weighted by molar-refractivity contribution is 6.40. The lowest BCUT2D eigenvalue weighted by atomic mass is 9.80. The van der Waals surface area contributed by atoms with Gasteiger partial charge in [-0.15, -0.1) is 0 Å². The van der Waals surface area contributed by atoms with Crippen molar-refractivity contribution >= 4 is 24.7 Å². The molecule has 7 heteroatoms.